The van der Waals surface area contributed by atoms with Crippen molar-refractivity contribution in [1.82, 2.24) is 4.57 Å². The normalized spacial score (nSPS) is 15.6. The number of benzene rings is 2. The first-order chi connectivity index (χ1) is 11.0. The zero-order chi connectivity index (χ0) is 16.0. The Balaban J connectivity index is 1.95. The van der Waals surface area contributed by atoms with Crippen LogP contribution in [-0.4, -0.2) is 4.57 Å². The summed E-state index contributed by atoms with van der Waals surface area (Å²) in [6, 6.07) is 18.9. The van der Waals surface area contributed by atoms with Gasteiger partial charge in [-0.1, -0.05) is 67.9 Å². The molecule has 1 aliphatic rings. The highest BCUT2D eigenvalue weighted by Crippen LogP contribution is 2.44. The number of fused-ring (bicyclic) bond motifs is 1. The van der Waals surface area contributed by atoms with Crippen molar-refractivity contribution >= 4 is 11.6 Å². The number of hydrogen-bond donors (Lipinski definition) is 0. The van der Waals surface area contributed by atoms with Crippen LogP contribution >= 0.6 is 11.6 Å². The van der Waals surface area contributed by atoms with Crippen LogP contribution in [0.1, 0.15) is 19.5 Å². The minimum Gasteiger partial charge on any atom is -0.350 e. The Bertz CT molecular complexity index is 859. The summed E-state index contributed by atoms with van der Waals surface area (Å²) in [5, 5.41) is 0.785. The Hall–Kier alpha value is -1.99. The minimum atomic E-state index is 0.325. The number of halogens is 1. The van der Waals surface area contributed by atoms with Gasteiger partial charge in [-0.2, -0.15) is 0 Å². The lowest BCUT2D eigenvalue weighted by Gasteiger charge is -2.16. The second kappa shape index (κ2) is 5.28. The van der Waals surface area contributed by atoms with Gasteiger partial charge in [0.1, 0.15) is 0 Å². The largest absolute Gasteiger partial charge is 0.350 e. The van der Waals surface area contributed by atoms with Gasteiger partial charge in [-0.15, -0.1) is 0 Å². The molecule has 2 heteroatoms. The van der Waals surface area contributed by atoms with E-state index in [-0.39, 0.29) is 0 Å². The standard InChI is InChI=1S/C21H20ClN/c1-21(2)12-19-20(15-7-4-3-5-8-15)18(13-23(19)14-21)16-9-6-10-17(22)11-16/h3-11,13H,12,14H2,1-2H3. The van der Waals surface area contributed by atoms with Crippen molar-refractivity contribution in [2.45, 2.75) is 26.8 Å². The molecule has 116 valence electrons. The van der Waals surface area contributed by atoms with Crippen LogP contribution in [0.15, 0.2) is 60.8 Å². The van der Waals surface area contributed by atoms with E-state index in [0.717, 1.165) is 18.0 Å². The molecule has 0 fully saturated rings. The summed E-state index contributed by atoms with van der Waals surface area (Å²) < 4.78 is 2.43. The van der Waals surface area contributed by atoms with Gasteiger partial charge in [0.2, 0.25) is 0 Å². The first-order valence-corrected chi connectivity index (χ1v) is 8.45. The molecule has 0 spiro atoms. The molecular formula is C21H20ClN. The van der Waals surface area contributed by atoms with E-state index in [1.54, 1.807) is 0 Å². The molecule has 3 aromatic rings. The molecular weight excluding hydrogens is 302 g/mol. The summed E-state index contributed by atoms with van der Waals surface area (Å²) in [6.45, 7) is 5.75. The first-order valence-electron chi connectivity index (χ1n) is 8.07. The molecule has 0 aliphatic carbocycles. The van der Waals surface area contributed by atoms with Crippen LogP contribution in [0.2, 0.25) is 5.02 Å². The maximum absolute atomic E-state index is 6.23. The predicted molar refractivity (Wildman–Crippen MR) is 97.8 cm³/mol. The minimum absolute atomic E-state index is 0.325. The Morgan fingerprint density at radius 3 is 2.43 bits per heavy atom. The molecule has 2 heterocycles. The molecule has 0 bridgehead atoms. The second-order valence-corrected chi connectivity index (χ2v) is 7.65. The third-order valence-electron chi connectivity index (χ3n) is 4.63. The number of hydrogen-bond acceptors (Lipinski definition) is 0. The van der Waals surface area contributed by atoms with E-state index in [2.05, 4.69) is 67.1 Å². The molecule has 0 unspecified atom stereocenters. The molecule has 23 heavy (non-hydrogen) atoms. The van der Waals surface area contributed by atoms with Gasteiger partial charge in [0.05, 0.1) is 0 Å². The van der Waals surface area contributed by atoms with Gasteiger partial charge in [-0.25, -0.2) is 0 Å². The van der Waals surface area contributed by atoms with Gasteiger partial charge in [-0.3, -0.25) is 0 Å². The van der Waals surface area contributed by atoms with Crippen LogP contribution in [0.25, 0.3) is 22.3 Å². The first kappa shape index (κ1) is 14.6. The zero-order valence-electron chi connectivity index (χ0n) is 13.5. The number of rotatable bonds is 2. The van der Waals surface area contributed by atoms with Gasteiger partial charge in [0, 0.05) is 34.6 Å². The van der Waals surface area contributed by atoms with Crippen LogP contribution < -0.4 is 0 Å². The van der Waals surface area contributed by atoms with Crippen molar-refractivity contribution in [3.8, 4) is 22.3 Å². The quantitative estimate of drug-likeness (QED) is 0.541. The Labute approximate surface area is 142 Å². The topological polar surface area (TPSA) is 4.93 Å². The van der Waals surface area contributed by atoms with Crippen molar-refractivity contribution in [1.29, 1.82) is 0 Å². The monoisotopic (exact) mass is 321 g/mol. The lowest BCUT2D eigenvalue weighted by atomic mass is 9.87. The van der Waals surface area contributed by atoms with Crippen LogP contribution in [0.4, 0.5) is 0 Å². The summed E-state index contributed by atoms with van der Waals surface area (Å²) in [5.74, 6) is 0. The maximum atomic E-state index is 6.23. The van der Waals surface area contributed by atoms with E-state index in [4.69, 9.17) is 11.6 Å². The lowest BCUT2D eigenvalue weighted by Crippen LogP contribution is -2.12. The fourth-order valence-electron chi connectivity index (χ4n) is 3.70. The van der Waals surface area contributed by atoms with Crippen molar-refractivity contribution in [2.75, 3.05) is 0 Å². The van der Waals surface area contributed by atoms with Crippen molar-refractivity contribution < 1.29 is 0 Å². The van der Waals surface area contributed by atoms with Crippen LogP contribution in [0.5, 0.6) is 0 Å². The molecule has 1 aliphatic heterocycles. The average molecular weight is 322 g/mol. The number of aromatic nitrogens is 1. The van der Waals surface area contributed by atoms with Gasteiger partial charge in [0.25, 0.3) is 0 Å². The molecule has 0 saturated heterocycles. The Morgan fingerprint density at radius 1 is 0.957 bits per heavy atom. The molecule has 4 rings (SSSR count). The fourth-order valence-corrected chi connectivity index (χ4v) is 3.89. The van der Waals surface area contributed by atoms with Crippen LogP contribution in [-0.2, 0) is 13.0 Å². The summed E-state index contributed by atoms with van der Waals surface area (Å²) in [5.41, 5.74) is 6.88. The number of nitrogens with zero attached hydrogens (tertiary/aromatic N) is 1. The lowest BCUT2D eigenvalue weighted by molar-refractivity contribution is 0.359. The van der Waals surface area contributed by atoms with E-state index < -0.39 is 0 Å². The predicted octanol–water partition coefficient (Wildman–Crippen LogP) is 6.06. The van der Waals surface area contributed by atoms with E-state index >= 15 is 0 Å². The highest BCUT2D eigenvalue weighted by molar-refractivity contribution is 6.30. The van der Waals surface area contributed by atoms with Gasteiger partial charge in [0.15, 0.2) is 0 Å². The summed E-state index contributed by atoms with van der Waals surface area (Å²) in [4.78, 5) is 0. The Morgan fingerprint density at radius 2 is 1.70 bits per heavy atom. The third kappa shape index (κ3) is 2.60. The Kier molecular flexibility index (Phi) is 3.35. The van der Waals surface area contributed by atoms with E-state index in [9.17, 15) is 0 Å². The third-order valence-corrected chi connectivity index (χ3v) is 4.87. The second-order valence-electron chi connectivity index (χ2n) is 7.21. The van der Waals surface area contributed by atoms with Crippen molar-refractivity contribution in [3.05, 3.63) is 71.5 Å². The van der Waals surface area contributed by atoms with Gasteiger partial charge >= 0.3 is 0 Å². The summed E-state index contributed by atoms with van der Waals surface area (Å²) >= 11 is 6.23. The van der Waals surface area contributed by atoms with E-state index in [1.165, 1.54) is 27.9 Å². The molecule has 0 saturated carbocycles. The highest BCUT2D eigenvalue weighted by Gasteiger charge is 2.32. The van der Waals surface area contributed by atoms with Crippen LogP contribution in [0.3, 0.4) is 0 Å². The summed E-state index contributed by atoms with van der Waals surface area (Å²) in [7, 11) is 0. The molecule has 0 amide bonds. The van der Waals surface area contributed by atoms with Crippen molar-refractivity contribution in [3.63, 3.8) is 0 Å². The smallest absolute Gasteiger partial charge is 0.0412 e. The SMILES string of the molecule is CC1(C)Cc2c(-c3ccccc3)c(-c3cccc(Cl)c3)cn2C1. The molecule has 1 nitrogen and oxygen atoms in total. The molecule has 0 radical (unpaired) electrons. The van der Waals surface area contributed by atoms with E-state index in [1.807, 2.05) is 12.1 Å². The van der Waals surface area contributed by atoms with Crippen LogP contribution in [0, 0.1) is 5.41 Å². The average Bonchev–Trinajstić information content (AvgIpc) is 2.99. The molecule has 1 aromatic heterocycles. The molecule has 2 aromatic carbocycles. The van der Waals surface area contributed by atoms with Gasteiger partial charge in [-0.05, 0) is 35.1 Å². The maximum Gasteiger partial charge on any atom is 0.0412 e. The van der Waals surface area contributed by atoms with Crippen molar-refractivity contribution in [2.24, 2.45) is 5.41 Å². The fraction of sp³-hybridized carbons (Fsp3) is 0.238. The van der Waals surface area contributed by atoms with E-state index in [0.29, 0.717) is 5.41 Å². The molecule has 0 atom stereocenters. The van der Waals surface area contributed by atoms with Gasteiger partial charge < -0.3 is 4.57 Å². The summed E-state index contributed by atoms with van der Waals surface area (Å²) in [6.07, 6.45) is 3.41. The highest BCUT2D eigenvalue weighted by atomic mass is 35.5. The zero-order valence-corrected chi connectivity index (χ0v) is 14.3. The molecule has 0 N–H and O–H groups in total.